The third kappa shape index (κ3) is 3.38. The maximum absolute atomic E-state index is 6.28. The molecule has 0 aromatic carbocycles. The van der Waals surface area contributed by atoms with E-state index in [9.17, 15) is 0 Å². The topological polar surface area (TPSA) is 21.1 Å². The van der Waals surface area contributed by atoms with Crippen LogP contribution in [0.15, 0.2) is 17.5 Å². The van der Waals surface area contributed by atoms with Gasteiger partial charge in [-0.25, -0.2) is 0 Å². The van der Waals surface area contributed by atoms with Crippen molar-refractivity contribution in [3.05, 3.63) is 38.8 Å². The van der Waals surface area contributed by atoms with Crippen LogP contribution in [-0.4, -0.2) is 27.8 Å². The van der Waals surface area contributed by atoms with Gasteiger partial charge in [0.25, 0.3) is 0 Å². The summed E-state index contributed by atoms with van der Waals surface area (Å²) in [5.74, 6) is 0. The van der Waals surface area contributed by atoms with Crippen molar-refractivity contribution in [2.45, 2.75) is 32.9 Å². The lowest BCUT2D eigenvalue weighted by Gasteiger charge is -2.24. The summed E-state index contributed by atoms with van der Waals surface area (Å²) in [4.78, 5) is 3.75. The summed E-state index contributed by atoms with van der Waals surface area (Å²) < 4.78 is 1.74. The van der Waals surface area contributed by atoms with Gasteiger partial charge in [-0.1, -0.05) is 17.7 Å². The summed E-state index contributed by atoms with van der Waals surface area (Å²) >= 11 is 8.10. The van der Waals surface area contributed by atoms with Gasteiger partial charge in [-0.05, 0) is 38.8 Å². The monoisotopic (exact) mass is 297 g/mol. The number of thiophene rings is 1. The van der Waals surface area contributed by atoms with Crippen molar-refractivity contribution in [2.75, 3.05) is 7.05 Å². The van der Waals surface area contributed by atoms with Crippen molar-refractivity contribution in [2.24, 2.45) is 7.05 Å². The Bertz CT molecular complexity index is 533. The molecule has 0 bridgehead atoms. The fourth-order valence-corrected chi connectivity index (χ4v) is 3.20. The molecule has 0 aliphatic heterocycles. The van der Waals surface area contributed by atoms with Gasteiger partial charge in [-0.15, -0.1) is 11.3 Å². The van der Waals surface area contributed by atoms with Crippen molar-refractivity contribution < 1.29 is 0 Å². The Hall–Kier alpha value is -0.840. The molecule has 2 rings (SSSR count). The highest BCUT2D eigenvalue weighted by Crippen LogP contribution is 2.22. The Balaban J connectivity index is 2.02. The molecule has 0 saturated heterocycles. The van der Waals surface area contributed by atoms with Crippen LogP contribution in [0.3, 0.4) is 0 Å². The number of hydrogen-bond acceptors (Lipinski definition) is 3. The Kier molecular flexibility index (Phi) is 4.66. The lowest BCUT2D eigenvalue weighted by atomic mass is 10.1. The zero-order valence-corrected chi connectivity index (χ0v) is 13.4. The van der Waals surface area contributed by atoms with E-state index in [1.54, 1.807) is 4.68 Å². The second-order valence-corrected chi connectivity index (χ2v) is 6.42. The fraction of sp³-hybridized carbons (Fsp3) is 0.500. The number of aryl methyl sites for hydroxylation is 2. The number of aromatic nitrogens is 2. The van der Waals surface area contributed by atoms with Crippen molar-refractivity contribution in [3.63, 3.8) is 0 Å². The van der Waals surface area contributed by atoms with Gasteiger partial charge in [0.2, 0.25) is 0 Å². The molecule has 0 fully saturated rings. The van der Waals surface area contributed by atoms with Gasteiger partial charge in [0.1, 0.15) is 5.15 Å². The Morgan fingerprint density at radius 2 is 2.26 bits per heavy atom. The largest absolute Gasteiger partial charge is 0.299 e. The Morgan fingerprint density at radius 3 is 2.79 bits per heavy atom. The van der Waals surface area contributed by atoms with Gasteiger partial charge in [-0.3, -0.25) is 9.58 Å². The first-order chi connectivity index (χ1) is 8.99. The van der Waals surface area contributed by atoms with Crippen LogP contribution in [0, 0.1) is 6.92 Å². The second kappa shape index (κ2) is 6.07. The zero-order chi connectivity index (χ0) is 14.0. The van der Waals surface area contributed by atoms with E-state index >= 15 is 0 Å². The van der Waals surface area contributed by atoms with Crippen LogP contribution in [0.25, 0.3) is 0 Å². The minimum Gasteiger partial charge on any atom is -0.299 e. The van der Waals surface area contributed by atoms with Gasteiger partial charge in [0.05, 0.1) is 5.69 Å². The molecule has 0 aliphatic rings. The molecule has 0 amide bonds. The Labute approximate surface area is 123 Å². The third-order valence-corrected chi connectivity index (χ3v) is 4.88. The summed E-state index contributed by atoms with van der Waals surface area (Å²) in [7, 11) is 4.02. The van der Waals surface area contributed by atoms with Crippen LogP contribution in [0.2, 0.25) is 5.15 Å². The minimum absolute atomic E-state index is 0.481. The number of hydrogen-bond donors (Lipinski definition) is 0. The van der Waals surface area contributed by atoms with Gasteiger partial charge < -0.3 is 0 Å². The van der Waals surface area contributed by atoms with Gasteiger partial charge >= 0.3 is 0 Å². The number of likely N-dealkylation sites (N-methyl/N-ethyl adjacent to an activating group) is 1. The van der Waals surface area contributed by atoms with Crippen LogP contribution in [-0.2, 0) is 20.0 Å². The number of nitrogens with zero attached hydrogens (tertiary/aromatic N) is 3. The molecule has 2 aromatic rings. The SMILES string of the molecule is Cc1nn(C)c(Cl)c1CN(C)C(C)Cc1cccs1. The molecule has 0 spiro atoms. The highest BCUT2D eigenvalue weighted by Gasteiger charge is 2.17. The van der Waals surface area contributed by atoms with Crippen molar-refractivity contribution in [1.82, 2.24) is 14.7 Å². The van der Waals surface area contributed by atoms with Gasteiger partial charge in [0, 0.05) is 30.1 Å². The first-order valence-corrected chi connectivity index (χ1v) is 7.65. The normalized spacial score (nSPS) is 13.2. The number of rotatable bonds is 5. The summed E-state index contributed by atoms with van der Waals surface area (Å²) in [5.41, 5.74) is 2.15. The van der Waals surface area contributed by atoms with E-state index in [-0.39, 0.29) is 0 Å². The fourth-order valence-electron chi connectivity index (χ4n) is 2.13. The molecule has 0 radical (unpaired) electrons. The molecule has 0 saturated carbocycles. The molecule has 0 aliphatic carbocycles. The average molecular weight is 298 g/mol. The zero-order valence-electron chi connectivity index (χ0n) is 11.9. The summed E-state index contributed by atoms with van der Waals surface area (Å²) in [5, 5.41) is 7.23. The maximum Gasteiger partial charge on any atom is 0.131 e. The molecule has 2 heterocycles. The molecule has 1 unspecified atom stereocenters. The number of halogens is 1. The van der Waals surface area contributed by atoms with Crippen molar-refractivity contribution in [1.29, 1.82) is 0 Å². The van der Waals surface area contributed by atoms with Crippen LogP contribution < -0.4 is 0 Å². The molecule has 104 valence electrons. The highest BCUT2D eigenvalue weighted by atomic mass is 35.5. The summed E-state index contributed by atoms with van der Waals surface area (Å²) in [6.07, 6.45) is 1.07. The van der Waals surface area contributed by atoms with E-state index in [4.69, 9.17) is 11.6 Å². The molecular formula is C14H20ClN3S. The summed E-state index contributed by atoms with van der Waals surface area (Å²) in [6, 6.07) is 4.78. The standard InChI is InChI=1S/C14H20ClN3S/c1-10(8-12-6-5-7-19-12)17(3)9-13-11(2)16-18(4)14(13)15/h5-7,10H,8-9H2,1-4H3. The van der Waals surface area contributed by atoms with Gasteiger partial charge in [0.15, 0.2) is 0 Å². The first-order valence-electron chi connectivity index (χ1n) is 6.39. The molecule has 2 aromatic heterocycles. The van der Waals surface area contributed by atoms with Crippen LogP contribution in [0.4, 0.5) is 0 Å². The second-order valence-electron chi connectivity index (χ2n) is 5.03. The predicted octanol–water partition coefficient (Wildman–Crippen LogP) is 3.51. The van der Waals surface area contributed by atoms with Crippen LogP contribution in [0.1, 0.15) is 23.1 Å². The third-order valence-electron chi connectivity index (χ3n) is 3.51. The van der Waals surface area contributed by atoms with Crippen LogP contribution in [0.5, 0.6) is 0 Å². The van der Waals surface area contributed by atoms with Crippen molar-refractivity contribution in [3.8, 4) is 0 Å². The minimum atomic E-state index is 0.481. The highest BCUT2D eigenvalue weighted by molar-refractivity contribution is 7.09. The van der Waals surface area contributed by atoms with E-state index < -0.39 is 0 Å². The lowest BCUT2D eigenvalue weighted by molar-refractivity contribution is 0.248. The molecular weight excluding hydrogens is 278 g/mol. The molecule has 19 heavy (non-hydrogen) atoms. The van der Waals surface area contributed by atoms with E-state index in [0.29, 0.717) is 6.04 Å². The molecule has 5 heteroatoms. The molecule has 0 N–H and O–H groups in total. The average Bonchev–Trinajstić information content (AvgIpc) is 2.94. The van der Waals surface area contributed by atoms with E-state index in [0.717, 1.165) is 29.4 Å². The predicted molar refractivity (Wildman–Crippen MR) is 81.9 cm³/mol. The van der Waals surface area contributed by atoms with Crippen molar-refractivity contribution >= 4 is 22.9 Å². The lowest BCUT2D eigenvalue weighted by Crippen LogP contribution is -2.30. The van der Waals surface area contributed by atoms with Gasteiger partial charge in [-0.2, -0.15) is 5.10 Å². The van der Waals surface area contributed by atoms with Crippen LogP contribution >= 0.6 is 22.9 Å². The van der Waals surface area contributed by atoms with E-state index in [1.807, 2.05) is 25.3 Å². The molecule has 1 atom stereocenters. The molecule has 3 nitrogen and oxygen atoms in total. The Morgan fingerprint density at radius 1 is 1.53 bits per heavy atom. The maximum atomic E-state index is 6.28. The summed E-state index contributed by atoms with van der Waals surface area (Å²) in [6.45, 7) is 5.10. The first kappa shape index (κ1) is 14.6. The smallest absolute Gasteiger partial charge is 0.131 e. The van der Waals surface area contributed by atoms with E-state index in [1.165, 1.54) is 4.88 Å². The quantitative estimate of drug-likeness (QED) is 0.842. The van der Waals surface area contributed by atoms with E-state index in [2.05, 4.69) is 41.5 Å².